The molecule has 4 aromatic rings. The van der Waals surface area contributed by atoms with Gasteiger partial charge in [0.15, 0.2) is 6.10 Å². The molecular formula is C39H48N6O7S. The SMILES string of the molecule is CCn1c(-c2cccnc2[C@H](C)OC)c2c3cc(ccc31)-c1csc(n1)C[C@H](NC(=O)C1COCCO1)C(=O)N1CCC[C@H](N1)C(=O)OCC(C)(C)C2. The van der Waals surface area contributed by atoms with Crippen LogP contribution in [0.1, 0.15) is 62.9 Å². The Labute approximate surface area is 313 Å². The lowest BCUT2D eigenvalue weighted by molar-refractivity contribution is -0.157. The summed E-state index contributed by atoms with van der Waals surface area (Å²) < 4.78 is 25.2. The van der Waals surface area contributed by atoms with Crippen LogP contribution >= 0.6 is 11.3 Å². The third kappa shape index (κ3) is 7.74. The van der Waals surface area contributed by atoms with Crippen molar-refractivity contribution in [2.45, 2.75) is 84.2 Å². The highest BCUT2D eigenvalue weighted by Gasteiger charge is 2.37. The summed E-state index contributed by atoms with van der Waals surface area (Å²) in [5.74, 6) is -1.21. The molecule has 53 heavy (non-hydrogen) atoms. The second kappa shape index (κ2) is 15.6. The van der Waals surface area contributed by atoms with Crippen LogP contribution in [-0.2, 0) is 52.7 Å². The van der Waals surface area contributed by atoms with Crippen molar-refractivity contribution >= 4 is 40.0 Å². The zero-order valence-electron chi connectivity index (χ0n) is 31.0. The molecule has 0 saturated carbocycles. The number of cyclic esters (lactones) is 1. The van der Waals surface area contributed by atoms with E-state index in [1.807, 2.05) is 18.4 Å². The van der Waals surface area contributed by atoms with Gasteiger partial charge >= 0.3 is 5.97 Å². The van der Waals surface area contributed by atoms with Crippen LogP contribution in [0.15, 0.2) is 41.9 Å². The van der Waals surface area contributed by atoms with Crippen molar-refractivity contribution in [3.05, 3.63) is 58.2 Å². The number of methoxy groups -OCH3 is 1. The molecule has 7 rings (SSSR count). The van der Waals surface area contributed by atoms with Gasteiger partial charge in [0.05, 0.1) is 54.6 Å². The van der Waals surface area contributed by atoms with Crippen molar-refractivity contribution < 1.29 is 33.3 Å². The van der Waals surface area contributed by atoms with Crippen LogP contribution in [-0.4, -0.2) is 95.6 Å². The van der Waals surface area contributed by atoms with Gasteiger partial charge in [0.25, 0.3) is 11.8 Å². The van der Waals surface area contributed by atoms with E-state index in [-0.39, 0.29) is 31.6 Å². The predicted octanol–water partition coefficient (Wildman–Crippen LogP) is 4.62. The number of carbonyl (C=O) groups excluding carboxylic acids is 3. The first-order chi connectivity index (χ1) is 25.6. The molecule has 3 aliphatic heterocycles. The van der Waals surface area contributed by atoms with Crippen molar-refractivity contribution in [1.29, 1.82) is 0 Å². The van der Waals surface area contributed by atoms with E-state index in [1.165, 1.54) is 16.3 Å². The molecule has 1 aromatic carbocycles. The van der Waals surface area contributed by atoms with Gasteiger partial charge in [-0.3, -0.25) is 24.4 Å². The fourth-order valence-corrected chi connectivity index (χ4v) is 8.32. The number of hydrogen-bond donors (Lipinski definition) is 2. The van der Waals surface area contributed by atoms with Crippen molar-refractivity contribution in [3.8, 4) is 22.5 Å². The van der Waals surface area contributed by atoms with Crippen LogP contribution in [0.2, 0.25) is 0 Å². The molecule has 6 bridgehead atoms. The van der Waals surface area contributed by atoms with Gasteiger partial charge in [0.2, 0.25) is 0 Å². The number of benzene rings is 1. The lowest BCUT2D eigenvalue weighted by Crippen LogP contribution is -2.61. The Bertz CT molecular complexity index is 1990. The normalized spacial score (nSPS) is 23.0. The molecule has 282 valence electrons. The van der Waals surface area contributed by atoms with E-state index in [1.54, 1.807) is 13.3 Å². The molecule has 4 atom stereocenters. The molecule has 2 saturated heterocycles. The first-order valence-corrected chi connectivity index (χ1v) is 19.3. The first-order valence-electron chi connectivity index (χ1n) is 18.4. The zero-order valence-corrected chi connectivity index (χ0v) is 31.8. The lowest BCUT2D eigenvalue weighted by Gasteiger charge is -2.35. The summed E-state index contributed by atoms with van der Waals surface area (Å²) in [6, 6.07) is 8.80. The summed E-state index contributed by atoms with van der Waals surface area (Å²) in [4.78, 5) is 50.8. The number of thiazole rings is 1. The van der Waals surface area contributed by atoms with Gasteiger partial charge in [-0.2, -0.15) is 0 Å². The molecule has 0 aliphatic carbocycles. The average Bonchev–Trinajstić information content (AvgIpc) is 3.77. The van der Waals surface area contributed by atoms with Gasteiger partial charge in [-0.25, -0.2) is 10.4 Å². The second-order valence-corrected chi connectivity index (χ2v) is 15.6. The Morgan fingerprint density at radius 2 is 2.08 bits per heavy atom. The number of carbonyl (C=O) groups is 3. The van der Waals surface area contributed by atoms with Crippen molar-refractivity contribution in [2.75, 3.05) is 40.1 Å². The number of aromatic nitrogens is 3. The standard InChI is InChI=1S/C39H48N6O7S/c1-6-44-31-12-11-24-17-26(31)27(35(44)25-9-7-13-40-34(25)23(2)49-5)19-39(3,4)22-52-38(48)28-10-8-14-45(43-28)37(47)29(18-33-41-30(24)21-53-33)42-36(46)32-20-50-15-16-51-32/h7,9,11-13,17,21,23,28-29,32,43H,6,8,10,14-16,18-20,22H2,1-5H3,(H,42,46)/t23-,28-,29-,32?/m0/s1. The third-order valence-electron chi connectivity index (χ3n) is 10.3. The number of nitrogens with one attached hydrogen (secondary N) is 2. The Balaban J connectivity index is 1.34. The first kappa shape index (κ1) is 37.1. The summed E-state index contributed by atoms with van der Waals surface area (Å²) in [6.07, 6.45) is 2.63. The maximum Gasteiger partial charge on any atom is 0.324 e. The topological polar surface area (TPSA) is 146 Å². The van der Waals surface area contributed by atoms with Gasteiger partial charge in [0.1, 0.15) is 12.1 Å². The fraction of sp³-hybridized carbons (Fsp3) is 0.513. The second-order valence-electron chi connectivity index (χ2n) is 14.7. The molecule has 0 spiro atoms. The van der Waals surface area contributed by atoms with Crippen LogP contribution in [0.5, 0.6) is 0 Å². The summed E-state index contributed by atoms with van der Waals surface area (Å²) in [5, 5.41) is 8.11. The maximum atomic E-state index is 14.1. The molecule has 3 aliphatic rings. The van der Waals surface area contributed by atoms with Crippen molar-refractivity contribution in [3.63, 3.8) is 0 Å². The van der Waals surface area contributed by atoms with Gasteiger partial charge in [-0.15, -0.1) is 11.3 Å². The Kier molecular flexibility index (Phi) is 11.0. The predicted molar refractivity (Wildman–Crippen MR) is 200 cm³/mol. The molecule has 2 amide bonds. The van der Waals surface area contributed by atoms with Gasteiger partial charge in [-0.1, -0.05) is 19.9 Å². The molecular weight excluding hydrogens is 697 g/mol. The quantitative estimate of drug-likeness (QED) is 0.269. The van der Waals surface area contributed by atoms with Gasteiger partial charge < -0.3 is 28.8 Å². The van der Waals surface area contributed by atoms with Crippen LogP contribution in [0, 0.1) is 5.41 Å². The highest BCUT2D eigenvalue weighted by atomic mass is 32.1. The number of esters is 1. The smallest absolute Gasteiger partial charge is 0.324 e. The minimum atomic E-state index is -0.953. The number of nitrogens with zero attached hydrogens (tertiary/aromatic N) is 4. The van der Waals surface area contributed by atoms with E-state index in [0.717, 1.165) is 51.2 Å². The monoisotopic (exact) mass is 744 g/mol. The van der Waals surface area contributed by atoms with E-state index >= 15 is 0 Å². The maximum absolute atomic E-state index is 14.1. The van der Waals surface area contributed by atoms with Crippen LogP contribution in [0.25, 0.3) is 33.4 Å². The fourth-order valence-electron chi connectivity index (χ4n) is 7.47. The molecule has 6 heterocycles. The number of aryl methyl sites for hydroxylation is 1. The largest absolute Gasteiger partial charge is 0.464 e. The van der Waals surface area contributed by atoms with Crippen LogP contribution in [0.4, 0.5) is 0 Å². The molecule has 2 fully saturated rings. The third-order valence-corrected chi connectivity index (χ3v) is 11.1. The molecule has 2 N–H and O–H groups in total. The minimum absolute atomic E-state index is 0.111. The number of hydrazine groups is 1. The van der Waals surface area contributed by atoms with E-state index in [9.17, 15) is 14.4 Å². The lowest BCUT2D eigenvalue weighted by atomic mass is 9.84. The number of fused-ring (bicyclic) bond motifs is 6. The number of amides is 2. The van der Waals surface area contributed by atoms with Crippen molar-refractivity contribution in [2.24, 2.45) is 5.41 Å². The molecule has 13 nitrogen and oxygen atoms in total. The number of pyridine rings is 1. The van der Waals surface area contributed by atoms with E-state index in [0.29, 0.717) is 44.0 Å². The Morgan fingerprint density at radius 1 is 1.23 bits per heavy atom. The highest BCUT2D eigenvalue weighted by Crippen LogP contribution is 2.42. The Hall–Kier alpha value is -4.21. The average molecular weight is 745 g/mol. The summed E-state index contributed by atoms with van der Waals surface area (Å²) in [5.41, 5.74) is 9.48. The van der Waals surface area contributed by atoms with Crippen LogP contribution < -0.4 is 10.7 Å². The molecule has 14 heteroatoms. The molecule has 1 unspecified atom stereocenters. The summed E-state index contributed by atoms with van der Waals surface area (Å²) in [6.45, 7) is 10.4. The zero-order chi connectivity index (χ0) is 37.3. The molecule has 3 aromatic heterocycles. The number of rotatable bonds is 6. The molecule has 0 radical (unpaired) electrons. The van der Waals surface area contributed by atoms with Crippen LogP contribution in [0.3, 0.4) is 0 Å². The summed E-state index contributed by atoms with van der Waals surface area (Å²) >= 11 is 1.44. The Morgan fingerprint density at radius 3 is 2.85 bits per heavy atom. The number of ether oxygens (including phenoxy) is 4. The van der Waals surface area contributed by atoms with E-state index in [4.69, 9.17) is 28.9 Å². The van der Waals surface area contributed by atoms with E-state index < -0.39 is 35.5 Å². The highest BCUT2D eigenvalue weighted by molar-refractivity contribution is 7.10. The minimum Gasteiger partial charge on any atom is -0.464 e. The van der Waals surface area contributed by atoms with Gasteiger partial charge in [0, 0.05) is 65.6 Å². The summed E-state index contributed by atoms with van der Waals surface area (Å²) in [7, 11) is 1.69. The number of hydrogen-bond acceptors (Lipinski definition) is 11. The van der Waals surface area contributed by atoms with Gasteiger partial charge in [-0.05, 0) is 62.9 Å². The van der Waals surface area contributed by atoms with E-state index in [2.05, 4.69) is 60.3 Å². The van der Waals surface area contributed by atoms with Crippen molar-refractivity contribution in [1.82, 2.24) is 30.3 Å².